The van der Waals surface area contributed by atoms with Gasteiger partial charge < -0.3 is 10.4 Å². The molecule has 1 amide bonds. The van der Waals surface area contributed by atoms with Gasteiger partial charge in [-0.25, -0.2) is 0 Å². The van der Waals surface area contributed by atoms with E-state index in [0.29, 0.717) is 25.9 Å². The number of rotatable bonds is 4. The van der Waals surface area contributed by atoms with Gasteiger partial charge in [0, 0.05) is 32.6 Å². The smallest absolute Gasteiger partial charge is 0.392 e. The van der Waals surface area contributed by atoms with E-state index in [1.165, 1.54) is 12.1 Å². The topological polar surface area (TPSA) is 52.6 Å². The van der Waals surface area contributed by atoms with Crippen LogP contribution in [0.5, 0.6) is 0 Å². The van der Waals surface area contributed by atoms with Crippen LogP contribution in [0, 0.1) is 0 Å². The predicted molar refractivity (Wildman–Crippen MR) is 75.1 cm³/mol. The minimum absolute atomic E-state index is 0.104. The number of carbonyl (C=O) groups is 1. The number of carbonyl (C=O) groups excluding carboxylic acids is 1. The second-order valence-electron chi connectivity index (χ2n) is 5.44. The maximum absolute atomic E-state index is 12.6. The van der Waals surface area contributed by atoms with Gasteiger partial charge in [-0.15, -0.1) is 0 Å². The van der Waals surface area contributed by atoms with Crippen LogP contribution in [0.1, 0.15) is 30.0 Å². The molecule has 2 N–H and O–H groups in total. The molecule has 1 aromatic carbocycles. The highest BCUT2D eigenvalue weighted by molar-refractivity contribution is 5.75. The number of amides is 1. The van der Waals surface area contributed by atoms with Gasteiger partial charge in [-0.1, -0.05) is 12.1 Å². The minimum Gasteiger partial charge on any atom is -0.392 e. The average Bonchev–Trinajstić information content (AvgIpc) is 2.85. The molecule has 1 aromatic rings. The summed E-state index contributed by atoms with van der Waals surface area (Å²) in [5, 5.41) is 12.3. The third-order valence-electron chi connectivity index (χ3n) is 3.91. The third-order valence-corrected chi connectivity index (χ3v) is 3.91. The van der Waals surface area contributed by atoms with Gasteiger partial charge in [-0.05, 0) is 24.1 Å². The van der Waals surface area contributed by atoms with Crippen molar-refractivity contribution in [3.8, 4) is 0 Å². The number of aliphatic hydroxyl groups is 1. The second-order valence-corrected chi connectivity index (χ2v) is 5.44. The number of alkyl halides is 3. The molecule has 2 rings (SSSR count). The van der Waals surface area contributed by atoms with E-state index in [1.54, 1.807) is 7.05 Å². The van der Waals surface area contributed by atoms with E-state index in [2.05, 4.69) is 5.32 Å². The van der Waals surface area contributed by atoms with Gasteiger partial charge in [0.25, 0.3) is 0 Å². The maximum Gasteiger partial charge on any atom is 0.416 e. The fraction of sp³-hybridized carbons (Fsp3) is 0.533. The molecule has 0 spiro atoms. The summed E-state index contributed by atoms with van der Waals surface area (Å²) >= 11 is 0. The molecule has 0 radical (unpaired) electrons. The Morgan fingerprint density at radius 3 is 2.55 bits per heavy atom. The van der Waals surface area contributed by atoms with Crippen molar-refractivity contribution in [2.45, 2.75) is 31.2 Å². The van der Waals surface area contributed by atoms with Crippen molar-refractivity contribution >= 4 is 5.91 Å². The highest BCUT2D eigenvalue weighted by atomic mass is 19.4. The number of hydrogen-bond donors (Lipinski definition) is 2. The molecule has 1 fully saturated rings. The third kappa shape index (κ3) is 3.98. The molecule has 22 heavy (non-hydrogen) atoms. The Hall–Kier alpha value is -1.60. The number of hydrogen-bond acceptors (Lipinski definition) is 3. The van der Waals surface area contributed by atoms with Crippen LogP contribution in [0.2, 0.25) is 0 Å². The fourth-order valence-corrected chi connectivity index (χ4v) is 2.74. The first-order valence-electron chi connectivity index (χ1n) is 7.11. The van der Waals surface area contributed by atoms with Crippen molar-refractivity contribution < 1.29 is 23.1 Å². The van der Waals surface area contributed by atoms with Crippen LogP contribution >= 0.6 is 0 Å². The Labute approximate surface area is 126 Å². The molecule has 1 aliphatic rings. The quantitative estimate of drug-likeness (QED) is 0.893. The van der Waals surface area contributed by atoms with Crippen LogP contribution in [0.4, 0.5) is 13.2 Å². The largest absolute Gasteiger partial charge is 0.416 e. The predicted octanol–water partition coefficient (Wildman–Crippen LogP) is 1.95. The van der Waals surface area contributed by atoms with E-state index < -0.39 is 17.8 Å². The molecule has 1 aliphatic heterocycles. The number of aliphatic hydroxyl groups excluding tert-OH is 1. The Morgan fingerprint density at radius 1 is 1.36 bits per heavy atom. The summed E-state index contributed by atoms with van der Waals surface area (Å²) in [5.74, 6) is -0.104. The molecular weight excluding hydrogens is 297 g/mol. The van der Waals surface area contributed by atoms with E-state index in [4.69, 9.17) is 0 Å². The molecule has 0 saturated carbocycles. The number of β-amino-alcohol motifs (C(OH)–C–C–N with tert-alkyl or cyclic N) is 1. The number of halogens is 3. The summed E-state index contributed by atoms with van der Waals surface area (Å²) < 4.78 is 37.8. The molecular formula is C15H19F3N2O2. The number of likely N-dealkylation sites (tertiary alicyclic amines) is 1. The van der Waals surface area contributed by atoms with Gasteiger partial charge in [0.2, 0.25) is 5.91 Å². The molecule has 1 heterocycles. The van der Waals surface area contributed by atoms with Gasteiger partial charge in [0.1, 0.15) is 0 Å². The Bertz CT molecular complexity index is 517. The molecule has 7 heteroatoms. The van der Waals surface area contributed by atoms with Crippen molar-refractivity contribution in [1.82, 2.24) is 10.2 Å². The average molecular weight is 316 g/mol. The van der Waals surface area contributed by atoms with E-state index in [0.717, 1.165) is 17.7 Å². The highest BCUT2D eigenvalue weighted by Crippen LogP contribution is 2.34. The van der Waals surface area contributed by atoms with Crippen LogP contribution < -0.4 is 5.32 Å². The minimum atomic E-state index is -4.35. The van der Waals surface area contributed by atoms with Crippen LogP contribution in [-0.4, -0.2) is 42.2 Å². The van der Waals surface area contributed by atoms with E-state index in [-0.39, 0.29) is 11.9 Å². The first-order valence-corrected chi connectivity index (χ1v) is 7.11. The lowest BCUT2D eigenvalue weighted by Crippen LogP contribution is -2.30. The number of nitrogens with one attached hydrogen (secondary N) is 1. The number of benzene rings is 1. The molecule has 2 atom stereocenters. The first-order chi connectivity index (χ1) is 10.3. The Morgan fingerprint density at radius 2 is 2.00 bits per heavy atom. The van der Waals surface area contributed by atoms with Gasteiger partial charge in [-0.3, -0.25) is 9.69 Å². The zero-order valence-corrected chi connectivity index (χ0v) is 12.2. The number of nitrogens with zero attached hydrogens (tertiary/aromatic N) is 1. The Balaban J connectivity index is 2.09. The van der Waals surface area contributed by atoms with Gasteiger partial charge >= 0.3 is 6.18 Å². The zero-order chi connectivity index (χ0) is 16.3. The summed E-state index contributed by atoms with van der Waals surface area (Å²) in [6, 6.07) is 4.83. The Kier molecular flexibility index (Phi) is 5.08. The van der Waals surface area contributed by atoms with Gasteiger partial charge in [0.15, 0.2) is 0 Å². The summed E-state index contributed by atoms with van der Waals surface area (Å²) in [6.45, 7) is 0.880. The summed E-state index contributed by atoms with van der Waals surface area (Å²) in [6.07, 6.45) is -4.14. The maximum atomic E-state index is 12.6. The summed E-state index contributed by atoms with van der Waals surface area (Å²) in [5.41, 5.74) is 0.0353. The molecule has 4 nitrogen and oxygen atoms in total. The standard InChI is InChI=1S/C15H19F3N2O2/c1-19-14(22)6-7-20-9-12(21)8-13(20)10-2-4-11(5-3-10)15(16,17)18/h2-5,12-13,21H,6-9H2,1H3,(H,19,22). The highest BCUT2D eigenvalue weighted by Gasteiger charge is 2.34. The van der Waals surface area contributed by atoms with Crippen molar-refractivity contribution in [2.75, 3.05) is 20.1 Å². The monoisotopic (exact) mass is 316 g/mol. The van der Waals surface area contributed by atoms with Crippen LogP contribution in [0.3, 0.4) is 0 Å². The van der Waals surface area contributed by atoms with Crippen molar-refractivity contribution in [3.05, 3.63) is 35.4 Å². The van der Waals surface area contributed by atoms with Crippen molar-refractivity contribution in [3.63, 3.8) is 0 Å². The van der Waals surface area contributed by atoms with Crippen LogP contribution in [0.15, 0.2) is 24.3 Å². The van der Waals surface area contributed by atoms with E-state index >= 15 is 0 Å². The molecule has 0 aliphatic carbocycles. The molecule has 122 valence electrons. The lowest BCUT2D eigenvalue weighted by Gasteiger charge is -2.24. The van der Waals surface area contributed by atoms with E-state index in [9.17, 15) is 23.1 Å². The molecule has 1 saturated heterocycles. The summed E-state index contributed by atoms with van der Waals surface area (Å²) in [4.78, 5) is 13.3. The lowest BCUT2D eigenvalue weighted by atomic mass is 10.0. The zero-order valence-electron chi connectivity index (χ0n) is 12.2. The van der Waals surface area contributed by atoms with Crippen LogP contribution in [0.25, 0.3) is 0 Å². The van der Waals surface area contributed by atoms with E-state index in [1.807, 2.05) is 4.90 Å². The second kappa shape index (κ2) is 6.66. The SMILES string of the molecule is CNC(=O)CCN1CC(O)CC1c1ccc(C(F)(F)F)cc1. The molecule has 0 aromatic heterocycles. The fourth-order valence-electron chi connectivity index (χ4n) is 2.74. The normalized spacial score (nSPS) is 22.8. The van der Waals surface area contributed by atoms with Crippen molar-refractivity contribution in [2.24, 2.45) is 0 Å². The summed E-state index contributed by atoms with van der Waals surface area (Å²) in [7, 11) is 1.55. The van der Waals surface area contributed by atoms with Crippen molar-refractivity contribution in [1.29, 1.82) is 0 Å². The molecule has 0 bridgehead atoms. The van der Waals surface area contributed by atoms with Gasteiger partial charge in [-0.2, -0.15) is 13.2 Å². The van der Waals surface area contributed by atoms with Crippen LogP contribution in [-0.2, 0) is 11.0 Å². The lowest BCUT2D eigenvalue weighted by molar-refractivity contribution is -0.137. The van der Waals surface area contributed by atoms with Gasteiger partial charge in [0.05, 0.1) is 11.7 Å². The molecule has 2 unspecified atom stereocenters. The first kappa shape index (κ1) is 16.8.